The van der Waals surface area contributed by atoms with Gasteiger partial charge < -0.3 is 0 Å². The van der Waals surface area contributed by atoms with Gasteiger partial charge in [0.25, 0.3) is 0 Å². The standard InChI is InChI=1S/C17H27P/c1-2-3-4-14-5-9-16(10-6-14)17-11-7-15(13-18)8-12-17/h7-8,11-12,14,16H,2-6,9-10,13,18H2,1H3. The minimum atomic E-state index is 0.835. The molecule has 2 rings (SSSR count). The summed E-state index contributed by atoms with van der Waals surface area (Å²) in [7, 11) is 2.80. The van der Waals surface area contributed by atoms with Crippen LogP contribution in [-0.2, 0) is 6.16 Å². The van der Waals surface area contributed by atoms with E-state index in [0.29, 0.717) is 0 Å². The first-order chi connectivity index (χ1) is 8.83. The highest BCUT2D eigenvalue weighted by atomic mass is 31.0. The molecule has 1 fully saturated rings. The Balaban J connectivity index is 1.84. The quantitative estimate of drug-likeness (QED) is 0.612. The zero-order chi connectivity index (χ0) is 12.8. The van der Waals surface area contributed by atoms with E-state index in [2.05, 4.69) is 40.4 Å². The van der Waals surface area contributed by atoms with Gasteiger partial charge in [-0.3, -0.25) is 0 Å². The molecule has 0 spiro atoms. The SMILES string of the molecule is CCCCC1CCC(c2ccc(CP)cc2)CC1. The Morgan fingerprint density at radius 2 is 1.72 bits per heavy atom. The first kappa shape index (κ1) is 14.1. The fraction of sp³-hybridized carbons (Fsp3) is 0.647. The van der Waals surface area contributed by atoms with Crippen LogP contribution in [0.4, 0.5) is 0 Å². The van der Waals surface area contributed by atoms with Crippen LogP contribution in [0.3, 0.4) is 0 Å². The van der Waals surface area contributed by atoms with Crippen LogP contribution < -0.4 is 0 Å². The molecule has 1 aliphatic rings. The van der Waals surface area contributed by atoms with Crippen molar-refractivity contribution in [3.8, 4) is 0 Å². The molecular formula is C17H27P. The molecule has 0 amide bonds. The Labute approximate surface area is 115 Å². The lowest BCUT2D eigenvalue weighted by Crippen LogP contribution is -2.13. The van der Waals surface area contributed by atoms with E-state index >= 15 is 0 Å². The van der Waals surface area contributed by atoms with Crippen LogP contribution in [0, 0.1) is 5.92 Å². The monoisotopic (exact) mass is 262 g/mol. The Hall–Kier alpha value is -0.350. The third-order valence-electron chi connectivity index (χ3n) is 4.50. The average molecular weight is 262 g/mol. The van der Waals surface area contributed by atoms with Crippen LogP contribution >= 0.6 is 9.24 Å². The fourth-order valence-corrected chi connectivity index (χ4v) is 3.48. The highest BCUT2D eigenvalue weighted by molar-refractivity contribution is 7.15. The molecule has 18 heavy (non-hydrogen) atoms. The third kappa shape index (κ3) is 3.82. The molecule has 0 N–H and O–H groups in total. The van der Waals surface area contributed by atoms with Crippen molar-refractivity contribution in [2.24, 2.45) is 5.92 Å². The van der Waals surface area contributed by atoms with Crippen molar-refractivity contribution >= 4 is 9.24 Å². The van der Waals surface area contributed by atoms with Gasteiger partial charge in [-0.1, -0.05) is 50.5 Å². The predicted octanol–water partition coefficient (Wildman–Crippen LogP) is 5.53. The highest BCUT2D eigenvalue weighted by Crippen LogP contribution is 2.37. The molecule has 0 heterocycles. The van der Waals surface area contributed by atoms with Gasteiger partial charge >= 0.3 is 0 Å². The zero-order valence-electron chi connectivity index (χ0n) is 11.7. The predicted molar refractivity (Wildman–Crippen MR) is 84.1 cm³/mol. The molecule has 1 saturated carbocycles. The summed E-state index contributed by atoms with van der Waals surface area (Å²) in [5, 5.41) is 0. The molecule has 100 valence electrons. The summed E-state index contributed by atoms with van der Waals surface area (Å²) < 4.78 is 0. The molecule has 1 aromatic rings. The van der Waals surface area contributed by atoms with Crippen LogP contribution in [-0.4, -0.2) is 0 Å². The van der Waals surface area contributed by atoms with Gasteiger partial charge in [-0.05, 0) is 54.8 Å². The number of hydrogen-bond acceptors (Lipinski definition) is 0. The maximum Gasteiger partial charge on any atom is -0.0128 e. The molecule has 0 aromatic heterocycles. The lowest BCUT2D eigenvalue weighted by Gasteiger charge is -2.28. The summed E-state index contributed by atoms with van der Waals surface area (Å²) in [5.74, 6) is 1.86. The highest BCUT2D eigenvalue weighted by Gasteiger charge is 2.21. The summed E-state index contributed by atoms with van der Waals surface area (Å²) >= 11 is 0. The maximum absolute atomic E-state index is 2.80. The van der Waals surface area contributed by atoms with Gasteiger partial charge in [0.15, 0.2) is 0 Å². The summed E-state index contributed by atoms with van der Waals surface area (Å²) in [4.78, 5) is 0. The smallest absolute Gasteiger partial charge is 0.0128 e. The number of hydrogen-bond donors (Lipinski definition) is 0. The minimum absolute atomic E-state index is 0.835. The fourth-order valence-electron chi connectivity index (χ4n) is 3.20. The van der Waals surface area contributed by atoms with Gasteiger partial charge in [0.05, 0.1) is 0 Å². The molecule has 0 saturated heterocycles. The molecular weight excluding hydrogens is 235 g/mol. The largest absolute Gasteiger partial charge is 0.133 e. The van der Waals surface area contributed by atoms with E-state index in [0.717, 1.165) is 18.0 Å². The van der Waals surface area contributed by atoms with Gasteiger partial charge in [-0.15, -0.1) is 9.24 Å². The molecule has 1 heteroatoms. The van der Waals surface area contributed by atoms with Crippen molar-refractivity contribution in [2.75, 3.05) is 0 Å². The average Bonchev–Trinajstić information content (AvgIpc) is 2.46. The van der Waals surface area contributed by atoms with Crippen molar-refractivity contribution < 1.29 is 0 Å². The van der Waals surface area contributed by atoms with Crippen molar-refractivity contribution in [3.05, 3.63) is 35.4 Å². The number of unbranched alkanes of at least 4 members (excludes halogenated alkanes) is 1. The zero-order valence-corrected chi connectivity index (χ0v) is 12.9. The first-order valence-electron chi connectivity index (χ1n) is 7.62. The van der Waals surface area contributed by atoms with Gasteiger partial charge in [-0.2, -0.15) is 0 Å². The second kappa shape index (κ2) is 7.29. The first-order valence-corrected chi connectivity index (χ1v) is 8.44. The minimum Gasteiger partial charge on any atom is -0.133 e. The van der Waals surface area contributed by atoms with Crippen LogP contribution in [0.1, 0.15) is 68.9 Å². The third-order valence-corrected chi connectivity index (χ3v) is 4.97. The van der Waals surface area contributed by atoms with E-state index in [-0.39, 0.29) is 0 Å². The van der Waals surface area contributed by atoms with E-state index in [4.69, 9.17) is 0 Å². The van der Waals surface area contributed by atoms with E-state index < -0.39 is 0 Å². The Bertz CT molecular complexity index is 333. The lowest BCUT2D eigenvalue weighted by atomic mass is 9.77. The Kier molecular flexibility index (Phi) is 5.70. The molecule has 1 aliphatic carbocycles. The van der Waals surface area contributed by atoms with E-state index in [1.165, 1.54) is 50.5 Å². The number of benzene rings is 1. The Morgan fingerprint density at radius 3 is 2.28 bits per heavy atom. The van der Waals surface area contributed by atoms with Gasteiger partial charge in [0, 0.05) is 0 Å². The topological polar surface area (TPSA) is 0 Å². The van der Waals surface area contributed by atoms with E-state index in [1.54, 1.807) is 5.56 Å². The van der Waals surface area contributed by atoms with Crippen LogP contribution in [0.2, 0.25) is 0 Å². The molecule has 0 nitrogen and oxygen atoms in total. The van der Waals surface area contributed by atoms with Gasteiger partial charge in [-0.25, -0.2) is 0 Å². The molecule has 1 atom stereocenters. The van der Waals surface area contributed by atoms with Crippen molar-refractivity contribution in [2.45, 2.75) is 63.9 Å². The molecule has 0 bridgehead atoms. The van der Waals surface area contributed by atoms with Crippen LogP contribution in [0.25, 0.3) is 0 Å². The molecule has 0 aliphatic heterocycles. The van der Waals surface area contributed by atoms with Gasteiger partial charge in [0.2, 0.25) is 0 Å². The second-order valence-corrected chi connectivity index (χ2v) is 6.21. The summed E-state index contributed by atoms with van der Waals surface area (Å²) in [6.07, 6.45) is 11.1. The van der Waals surface area contributed by atoms with Crippen molar-refractivity contribution in [3.63, 3.8) is 0 Å². The molecule has 0 radical (unpaired) electrons. The lowest BCUT2D eigenvalue weighted by molar-refractivity contribution is 0.304. The normalized spacial score (nSPS) is 24.1. The van der Waals surface area contributed by atoms with Crippen LogP contribution in [0.15, 0.2) is 24.3 Å². The number of rotatable bonds is 5. The van der Waals surface area contributed by atoms with E-state index in [9.17, 15) is 0 Å². The molecule has 1 unspecified atom stereocenters. The van der Waals surface area contributed by atoms with Crippen molar-refractivity contribution in [1.29, 1.82) is 0 Å². The maximum atomic E-state index is 2.80. The summed E-state index contributed by atoms with van der Waals surface area (Å²) in [6, 6.07) is 9.31. The second-order valence-electron chi connectivity index (χ2n) is 5.81. The Morgan fingerprint density at radius 1 is 1.06 bits per heavy atom. The van der Waals surface area contributed by atoms with Gasteiger partial charge in [0.1, 0.15) is 0 Å². The molecule has 1 aromatic carbocycles. The van der Waals surface area contributed by atoms with Crippen molar-refractivity contribution in [1.82, 2.24) is 0 Å². The van der Waals surface area contributed by atoms with E-state index in [1.807, 2.05) is 0 Å². The summed E-state index contributed by atoms with van der Waals surface area (Å²) in [6.45, 7) is 2.30. The van der Waals surface area contributed by atoms with Crippen LogP contribution in [0.5, 0.6) is 0 Å². The summed E-state index contributed by atoms with van der Waals surface area (Å²) in [5.41, 5.74) is 3.01.